The van der Waals surface area contributed by atoms with Crippen LogP contribution in [0.25, 0.3) is 0 Å². The molecule has 2 rings (SSSR count). The Morgan fingerprint density at radius 1 is 1.26 bits per heavy atom. The topological polar surface area (TPSA) is 30.5 Å². The molecule has 23 heavy (non-hydrogen) atoms. The molecular weight excluding hydrogens is 385 g/mol. The molecule has 0 radical (unpaired) electrons. The highest BCUT2D eigenvalue weighted by atomic mass is 79.9. The van der Waals surface area contributed by atoms with E-state index < -0.39 is 0 Å². The molecule has 2 aromatic rings. The first kappa shape index (κ1) is 18.0. The molecule has 0 amide bonds. The van der Waals surface area contributed by atoms with E-state index in [4.69, 9.17) is 21.1 Å². The summed E-state index contributed by atoms with van der Waals surface area (Å²) in [5, 5.41) is 3.60. The van der Waals surface area contributed by atoms with E-state index in [1.165, 1.54) is 6.07 Å². The Morgan fingerprint density at radius 2 is 2.04 bits per heavy atom. The van der Waals surface area contributed by atoms with Crippen molar-refractivity contribution in [3.8, 4) is 11.5 Å². The van der Waals surface area contributed by atoms with Gasteiger partial charge in [0.25, 0.3) is 0 Å². The Bertz CT molecular complexity index is 662. The predicted octanol–water partition coefficient (Wildman–Crippen LogP) is 4.94. The maximum Gasteiger partial charge on any atom is 0.162 e. The Balaban J connectivity index is 2.21. The minimum absolute atomic E-state index is 0.0286. The van der Waals surface area contributed by atoms with Crippen molar-refractivity contribution in [1.29, 1.82) is 0 Å². The van der Waals surface area contributed by atoms with Crippen LogP contribution in [-0.2, 0) is 13.2 Å². The summed E-state index contributed by atoms with van der Waals surface area (Å²) in [6.07, 6.45) is 0. The van der Waals surface area contributed by atoms with E-state index in [0.717, 1.165) is 16.6 Å². The lowest BCUT2D eigenvalue weighted by molar-refractivity contribution is 0.279. The van der Waals surface area contributed by atoms with Gasteiger partial charge in [0, 0.05) is 16.6 Å². The average Bonchev–Trinajstić information content (AvgIpc) is 2.53. The molecule has 0 spiro atoms. The van der Waals surface area contributed by atoms with Gasteiger partial charge in [-0.2, -0.15) is 0 Å². The summed E-state index contributed by atoms with van der Waals surface area (Å²) in [6, 6.07) is 8.27. The highest BCUT2D eigenvalue weighted by molar-refractivity contribution is 9.10. The number of ether oxygens (including phenoxy) is 2. The molecule has 0 saturated heterocycles. The minimum Gasteiger partial charge on any atom is -0.493 e. The van der Waals surface area contributed by atoms with Crippen molar-refractivity contribution in [1.82, 2.24) is 5.32 Å². The number of rotatable bonds is 7. The summed E-state index contributed by atoms with van der Waals surface area (Å²) >= 11 is 9.53. The molecule has 0 heterocycles. The van der Waals surface area contributed by atoms with E-state index >= 15 is 0 Å². The number of benzene rings is 2. The Morgan fingerprint density at radius 3 is 2.70 bits per heavy atom. The van der Waals surface area contributed by atoms with Crippen LogP contribution in [0.4, 0.5) is 4.39 Å². The maximum absolute atomic E-state index is 13.8. The molecule has 2 aromatic carbocycles. The lowest BCUT2D eigenvalue weighted by Crippen LogP contribution is -2.12. The van der Waals surface area contributed by atoms with Gasteiger partial charge in [0.2, 0.25) is 0 Å². The molecule has 0 saturated carbocycles. The fraction of sp³-hybridized carbons (Fsp3) is 0.294. The second-order valence-electron chi connectivity index (χ2n) is 4.86. The van der Waals surface area contributed by atoms with Crippen molar-refractivity contribution in [2.24, 2.45) is 0 Å². The van der Waals surface area contributed by atoms with Crippen LogP contribution in [-0.4, -0.2) is 13.7 Å². The van der Waals surface area contributed by atoms with Gasteiger partial charge in [-0.3, -0.25) is 0 Å². The van der Waals surface area contributed by atoms with Gasteiger partial charge in [-0.05, 0) is 36.4 Å². The van der Waals surface area contributed by atoms with E-state index in [1.807, 2.05) is 19.1 Å². The molecule has 6 heteroatoms. The first-order valence-corrected chi connectivity index (χ1v) is 8.36. The number of hydrogen-bond donors (Lipinski definition) is 1. The predicted molar refractivity (Wildman–Crippen MR) is 93.8 cm³/mol. The maximum atomic E-state index is 13.8. The number of nitrogens with one attached hydrogen (secondary N) is 1. The summed E-state index contributed by atoms with van der Waals surface area (Å²) in [7, 11) is 1.57. The van der Waals surface area contributed by atoms with Crippen molar-refractivity contribution < 1.29 is 13.9 Å². The second kappa shape index (κ2) is 8.52. The first-order valence-electron chi connectivity index (χ1n) is 7.19. The quantitative estimate of drug-likeness (QED) is 0.711. The summed E-state index contributed by atoms with van der Waals surface area (Å²) in [5.41, 5.74) is 1.38. The number of halogens is 3. The number of hydrogen-bond acceptors (Lipinski definition) is 3. The molecule has 124 valence electrons. The lowest BCUT2D eigenvalue weighted by Gasteiger charge is -2.15. The Kier molecular flexibility index (Phi) is 6.69. The van der Waals surface area contributed by atoms with Crippen LogP contribution in [0.5, 0.6) is 11.5 Å². The van der Waals surface area contributed by atoms with E-state index in [0.29, 0.717) is 28.6 Å². The van der Waals surface area contributed by atoms with E-state index in [-0.39, 0.29) is 12.4 Å². The van der Waals surface area contributed by atoms with Crippen LogP contribution in [0.3, 0.4) is 0 Å². The van der Waals surface area contributed by atoms with Crippen LogP contribution in [0.15, 0.2) is 34.8 Å². The summed E-state index contributed by atoms with van der Waals surface area (Å²) in [5.74, 6) is 0.729. The normalized spacial score (nSPS) is 10.7. The fourth-order valence-electron chi connectivity index (χ4n) is 2.06. The van der Waals surface area contributed by atoms with E-state index in [9.17, 15) is 4.39 Å². The van der Waals surface area contributed by atoms with Gasteiger partial charge in [0.05, 0.1) is 12.1 Å². The monoisotopic (exact) mass is 401 g/mol. The molecule has 0 bridgehead atoms. The fourth-order valence-corrected chi connectivity index (χ4v) is 2.74. The van der Waals surface area contributed by atoms with Crippen molar-refractivity contribution in [3.63, 3.8) is 0 Å². The van der Waals surface area contributed by atoms with Crippen LogP contribution in [0, 0.1) is 5.82 Å². The van der Waals surface area contributed by atoms with Gasteiger partial charge in [-0.25, -0.2) is 4.39 Å². The largest absolute Gasteiger partial charge is 0.493 e. The van der Waals surface area contributed by atoms with Gasteiger partial charge < -0.3 is 14.8 Å². The minimum atomic E-state index is -0.390. The highest BCUT2D eigenvalue weighted by Gasteiger charge is 2.13. The number of methoxy groups -OCH3 is 1. The van der Waals surface area contributed by atoms with Gasteiger partial charge in [0.15, 0.2) is 11.5 Å². The molecule has 0 aliphatic carbocycles. The molecule has 1 N–H and O–H groups in total. The van der Waals surface area contributed by atoms with Crippen molar-refractivity contribution >= 4 is 27.5 Å². The average molecular weight is 403 g/mol. The summed E-state index contributed by atoms with van der Waals surface area (Å²) < 4.78 is 25.8. The zero-order valence-corrected chi connectivity index (χ0v) is 15.3. The SMILES string of the molecule is CCNCc1cc(OC)c(OCc2c(F)cccc2Cl)cc1Br. The van der Waals surface area contributed by atoms with Gasteiger partial charge in [-0.15, -0.1) is 0 Å². The Hall–Kier alpha value is -1.30. The van der Waals surface area contributed by atoms with Crippen LogP contribution in [0.1, 0.15) is 18.1 Å². The van der Waals surface area contributed by atoms with Crippen molar-refractivity contribution in [2.45, 2.75) is 20.1 Å². The van der Waals surface area contributed by atoms with Crippen LogP contribution >= 0.6 is 27.5 Å². The second-order valence-corrected chi connectivity index (χ2v) is 6.13. The molecule has 0 atom stereocenters. The van der Waals surface area contributed by atoms with E-state index in [2.05, 4.69) is 21.2 Å². The van der Waals surface area contributed by atoms with Gasteiger partial charge >= 0.3 is 0 Å². The first-order chi connectivity index (χ1) is 11.1. The molecule has 0 fully saturated rings. The highest BCUT2D eigenvalue weighted by Crippen LogP contribution is 2.34. The van der Waals surface area contributed by atoms with Crippen molar-refractivity contribution in [3.05, 3.63) is 56.8 Å². The van der Waals surface area contributed by atoms with Crippen molar-refractivity contribution in [2.75, 3.05) is 13.7 Å². The van der Waals surface area contributed by atoms with Crippen LogP contribution in [0.2, 0.25) is 5.02 Å². The Labute approximate surface area is 148 Å². The third-order valence-electron chi connectivity index (χ3n) is 3.33. The molecule has 0 unspecified atom stereocenters. The zero-order chi connectivity index (χ0) is 16.8. The zero-order valence-electron chi connectivity index (χ0n) is 13.0. The molecule has 0 aliphatic rings. The lowest BCUT2D eigenvalue weighted by atomic mass is 10.2. The molecule has 0 aromatic heterocycles. The van der Waals surface area contributed by atoms with Gasteiger partial charge in [-0.1, -0.05) is 40.5 Å². The molecule has 3 nitrogen and oxygen atoms in total. The summed E-state index contributed by atoms with van der Waals surface area (Å²) in [6.45, 7) is 3.66. The smallest absolute Gasteiger partial charge is 0.162 e. The third-order valence-corrected chi connectivity index (χ3v) is 4.42. The molecule has 0 aliphatic heterocycles. The molecular formula is C17H18BrClFNO2. The van der Waals surface area contributed by atoms with E-state index in [1.54, 1.807) is 19.2 Å². The van der Waals surface area contributed by atoms with Crippen LogP contribution < -0.4 is 14.8 Å². The third kappa shape index (κ3) is 4.59. The summed E-state index contributed by atoms with van der Waals surface area (Å²) in [4.78, 5) is 0. The standard InChI is InChI=1S/C17H18BrClFNO2/c1-3-21-9-11-7-16(22-2)17(8-13(11)18)23-10-12-14(19)5-4-6-15(12)20/h4-8,21H,3,9-10H2,1-2H3. The van der Waals surface area contributed by atoms with Gasteiger partial charge in [0.1, 0.15) is 12.4 Å².